The van der Waals surface area contributed by atoms with Crippen LogP contribution >= 0.6 is 0 Å². The number of nitrogens with two attached hydrogens (primary N) is 1. The number of carboxylic acid groups (broad SMARTS) is 2. The van der Waals surface area contributed by atoms with Crippen LogP contribution in [0.15, 0.2) is 30.5 Å². The van der Waals surface area contributed by atoms with Gasteiger partial charge in [0.2, 0.25) is 5.91 Å². The fourth-order valence-electron chi connectivity index (χ4n) is 2.40. The van der Waals surface area contributed by atoms with Crippen molar-refractivity contribution in [3.63, 3.8) is 0 Å². The van der Waals surface area contributed by atoms with Gasteiger partial charge >= 0.3 is 11.9 Å². The van der Waals surface area contributed by atoms with Crippen molar-refractivity contribution in [1.29, 1.82) is 0 Å². The number of hydrogen-bond donors (Lipinski definition) is 5. The van der Waals surface area contributed by atoms with E-state index in [-0.39, 0.29) is 19.3 Å². The van der Waals surface area contributed by atoms with E-state index in [0.29, 0.717) is 0 Å². The minimum absolute atomic E-state index is 0.0550. The predicted molar refractivity (Wildman–Crippen MR) is 86.4 cm³/mol. The lowest BCUT2D eigenvalue weighted by atomic mass is 10.0. The number of hydrogen-bond acceptors (Lipinski definition) is 4. The fraction of sp³-hybridized carbons (Fsp3) is 0.312. The molecular formula is C16H19N3O5. The van der Waals surface area contributed by atoms with Crippen LogP contribution in [0.3, 0.4) is 0 Å². The Bertz CT molecular complexity index is 755. The summed E-state index contributed by atoms with van der Waals surface area (Å²) in [7, 11) is 0. The van der Waals surface area contributed by atoms with Gasteiger partial charge in [-0.25, -0.2) is 4.79 Å². The van der Waals surface area contributed by atoms with Crippen LogP contribution in [0.25, 0.3) is 10.9 Å². The Morgan fingerprint density at radius 3 is 2.54 bits per heavy atom. The second-order valence-electron chi connectivity index (χ2n) is 5.51. The monoisotopic (exact) mass is 333 g/mol. The van der Waals surface area contributed by atoms with E-state index in [2.05, 4.69) is 10.3 Å². The summed E-state index contributed by atoms with van der Waals surface area (Å²) in [6.45, 7) is 0. The summed E-state index contributed by atoms with van der Waals surface area (Å²) in [5, 5.41) is 21.3. The smallest absolute Gasteiger partial charge is 0.326 e. The molecule has 1 aromatic heterocycles. The Hall–Kier alpha value is -2.87. The van der Waals surface area contributed by atoms with Gasteiger partial charge in [0.25, 0.3) is 0 Å². The molecule has 1 amide bonds. The largest absolute Gasteiger partial charge is 0.480 e. The van der Waals surface area contributed by atoms with Gasteiger partial charge in [-0.2, -0.15) is 0 Å². The molecule has 0 aliphatic rings. The molecule has 0 bridgehead atoms. The van der Waals surface area contributed by atoms with Crippen molar-refractivity contribution in [3.8, 4) is 0 Å². The number of aromatic amines is 1. The van der Waals surface area contributed by atoms with Crippen molar-refractivity contribution in [2.24, 2.45) is 5.73 Å². The highest BCUT2D eigenvalue weighted by Gasteiger charge is 2.22. The number of fused-ring (bicyclic) bond motifs is 1. The molecule has 0 radical (unpaired) electrons. The van der Waals surface area contributed by atoms with Crippen molar-refractivity contribution in [1.82, 2.24) is 10.3 Å². The number of rotatable bonds is 8. The Balaban J connectivity index is 2.01. The van der Waals surface area contributed by atoms with Gasteiger partial charge in [0.1, 0.15) is 12.1 Å². The summed E-state index contributed by atoms with van der Waals surface area (Å²) in [5.74, 6) is -2.90. The van der Waals surface area contributed by atoms with Crippen LogP contribution in [-0.2, 0) is 20.8 Å². The van der Waals surface area contributed by atoms with Gasteiger partial charge in [-0.15, -0.1) is 0 Å². The molecule has 1 aromatic carbocycles. The number of H-pyrrole nitrogens is 1. The van der Waals surface area contributed by atoms with E-state index in [0.717, 1.165) is 16.5 Å². The molecule has 2 rings (SSSR count). The summed E-state index contributed by atoms with van der Waals surface area (Å²) in [5.41, 5.74) is 6.99. The second kappa shape index (κ2) is 7.60. The van der Waals surface area contributed by atoms with E-state index in [1.165, 1.54) is 0 Å². The Kier molecular flexibility index (Phi) is 5.54. The molecule has 24 heavy (non-hydrogen) atoms. The van der Waals surface area contributed by atoms with Crippen LogP contribution in [0, 0.1) is 0 Å². The maximum absolute atomic E-state index is 11.8. The normalized spacial score (nSPS) is 13.4. The van der Waals surface area contributed by atoms with Crippen molar-refractivity contribution in [2.45, 2.75) is 31.3 Å². The van der Waals surface area contributed by atoms with Gasteiger partial charge in [0.05, 0.1) is 0 Å². The number of aromatic nitrogens is 1. The van der Waals surface area contributed by atoms with Gasteiger partial charge in [0.15, 0.2) is 0 Å². The van der Waals surface area contributed by atoms with Crippen LogP contribution < -0.4 is 11.1 Å². The molecule has 0 spiro atoms. The minimum atomic E-state index is -1.20. The molecule has 2 aromatic rings. The lowest BCUT2D eigenvalue weighted by Gasteiger charge is -2.15. The van der Waals surface area contributed by atoms with Crippen LogP contribution in [0.4, 0.5) is 0 Å². The van der Waals surface area contributed by atoms with Crippen molar-refractivity contribution in [2.75, 3.05) is 0 Å². The quantitative estimate of drug-likeness (QED) is 0.475. The minimum Gasteiger partial charge on any atom is -0.480 e. The van der Waals surface area contributed by atoms with Crippen LogP contribution in [0.2, 0.25) is 0 Å². The average Bonchev–Trinajstić information content (AvgIpc) is 2.95. The van der Waals surface area contributed by atoms with E-state index in [9.17, 15) is 19.5 Å². The molecule has 0 aliphatic heterocycles. The third kappa shape index (κ3) is 4.32. The molecule has 0 fully saturated rings. The maximum atomic E-state index is 11.8. The third-order valence-electron chi connectivity index (χ3n) is 3.73. The second-order valence-corrected chi connectivity index (χ2v) is 5.51. The number of amides is 1. The molecule has 0 unspecified atom stereocenters. The Morgan fingerprint density at radius 1 is 1.17 bits per heavy atom. The van der Waals surface area contributed by atoms with Gasteiger partial charge in [0, 0.05) is 29.9 Å². The summed E-state index contributed by atoms with van der Waals surface area (Å²) < 4.78 is 0. The molecular weight excluding hydrogens is 314 g/mol. The fourth-order valence-corrected chi connectivity index (χ4v) is 2.40. The predicted octanol–water partition coefficient (Wildman–Crippen LogP) is 0.472. The van der Waals surface area contributed by atoms with Gasteiger partial charge in [-0.05, 0) is 18.1 Å². The zero-order valence-corrected chi connectivity index (χ0v) is 12.9. The van der Waals surface area contributed by atoms with E-state index in [4.69, 9.17) is 10.8 Å². The van der Waals surface area contributed by atoms with Crippen molar-refractivity contribution in [3.05, 3.63) is 36.0 Å². The van der Waals surface area contributed by atoms with Crippen LogP contribution in [-0.4, -0.2) is 45.1 Å². The maximum Gasteiger partial charge on any atom is 0.326 e. The number of carbonyl (C=O) groups excluding carboxylic acids is 1. The topological polar surface area (TPSA) is 146 Å². The average molecular weight is 333 g/mol. The summed E-state index contributed by atoms with van der Waals surface area (Å²) >= 11 is 0. The summed E-state index contributed by atoms with van der Waals surface area (Å²) in [4.78, 5) is 36.9. The highest BCUT2D eigenvalue weighted by Crippen LogP contribution is 2.19. The summed E-state index contributed by atoms with van der Waals surface area (Å²) in [6, 6.07) is 5.21. The zero-order chi connectivity index (χ0) is 17.7. The number of carboxylic acids is 2. The van der Waals surface area contributed by atoms with Crippen molar-refractivity contribution >= 4 is 28.7 Å². The highest BCUT2D eigenvalue weighted by atomic mass is 16.4. The molecule has 0 saturated carbocycles. The lowest BCUT2D eigenvalue weighted by molar-refractivity contribution is -0.142. The van der Waals surface area contributed by atoms with E-state index >= 15 is 0 Å². The van der Waals surface area contributed by atoms with E-state index < -0.39 is 29.9 Å². The zero-order valence-electron chi connectivity index (χ0n) is 12.9. The first kappa shape index (κ1) is 17.5. The van der Waals surface area contributed by atoms with Gasteiger partial charge < -0.3 is 26.2 Å². The highest BCUT2D eigenvalue weighted by molar-refractivity contribution is 5.87. The lowest BCUT2D eigenvalue weighted by Crippen LogP contribution is -2.43. The molecule has 2 atom stereocenters. The van der Waals surface area contributed by atoms with Crippen LogP contribution in [0.5, 0.6) is 0 Å². The molecule has 128 valence electrons. The SMILES string of the molecule is N[C@H](CCC(=O)N[C@@H](Cc1c[nH]c2ccccc12)C(=O)O)C(=O)O. The molecule has 8 nitrogen and oxygen atoms in total. The molecule has 0 saturated heterocycles. The number of aliphatic carboxylic acids is 2. The van der Waals surface area contributed by atoms with Gasteiger partial charge in [-0.1, -0.05) is 18.2 Å². The van der Waals surface area contributed by atoms with Gasteiger partial charge in [-0.3, -0.25) is 9.59 Å². The molecule has 1 heterocycles. The van der Waals surface area contributed by atoms with Crippen LogP contribution in [0.1, 0.15) is 18.4 Å². The standard InChI is InChI=1S/C16H19N3O5/c17-11(15(21)22)5-6-14(20)19-13(16(23)24)7-9-8-18-12-4-2-1-3-10(9)12/h1-4,8,11,13,18H,5-7,17H2,(H,19,20)(H,21,22)(H,23,24)/t11-,13+/m1/s1. The summed E-state index contributed by atoms with van der Waals surface area (Å²) in [6.07, 6.45) is 1.63. The first-order valence-corrected chi connectivity index (χ1v) is 7.44. The first-order valence-electron chi connectivity index (χ1n) is 7.44. The van der Waals surface area contributed by atoms with E-state index in [1.54, 1.807) is 6.20 Å². The Labute approximate surface area is 137 Å². The first-order chi connectivity index (χ1) is 11.4. The molecule has 0 aliphatic carbocycles. The van der Waals surface area contributed by atoms with Crippen molar-refractivity contribution < 1.29 is 24.6 Å². The number of nitrogens with one attached hydrogen (secondary N) is 2. The number of para-hydroxylation sites is 1. The molecule has 8 heteroatoms. The number of benzene rings is 1. The molecule has 6 N–H and O–H groups in total. The third-order valence-corrected chi connectivity index (χ3v) is 3.73. The number of carbonyl (C=O) groups is 3. The Morgan fingerprint density at radius 2 is 1.88 bits per heavy atom. The van der Waals surface area contributed by atoms with E-state index in [1.807, 2.05) is 24.3 Å².